The van der Waals surface area contributed by atoms with E-state index in [0.717, 1.165) is 48.1 Å². The van der Waals surface area contributed by atoms with Crippen LogP contribution < -0.4 is 10.5 Å². The molecule has 1 unspecified atom stereocenters. The molecule has 138 valence electrons. The number of halogens is 1. The van der Waals surface area contributed by atoms with Crippen LogP contribution in [0.2, 0.25) is 5.02 Å². The summed E-state index contributed by atoms with van der Waals surface area (Å²) in [5.41, 5.74) is 11.8. The average molecular weight is 382 g/mol. The molecule has 27 heavy (non-hydrogen) atoms. The van der Waals surface area contributed by atoms with Crippen LogP contribution in [-0.4, -0.2) is 16.7 Å². The molecule has 1 aliphatic heterocycles. The molecule has 1 aliphatic carbocycles. The van der Waals surface area contributed by atoms with Gasteiger partial charge in [-0.15, -0.1) is 0 Å². The number of aryl methyl sites for hydroxylation is 1. The summed E-state index contributed by atoms with van der Waals surface area (Å²) < 4.78 is 11.3. The van der Waals surface area contributed by atoms with Crippen LogP contribution in [0.15, 0.2) is 34.9 Å². The second kappa shape index (κ2) is 6.66. The van der Waals surface area contributed by atoms with Gasteiger partial charge in [-0.2, -0.15) is 4.98 Å². The highest BCUT2D eigenvalue weighted by atomic mass is 35.5. The van der Waals surface area contributed by atoms with E-state index in [1.54, 1.807) is 0 Å². The van der Waals surface area contributed by atoms with E-state index in [-0.39, 0.29) is 6.04 Å². The SMILES string of the molecule is NC1CCCc2cc(-c3nc(Cc4cc(Cl)cc5c4OCC5)no3)ccc21. The van der Waals surface area contributed by atoms with Crippen LogP contribution in [-0.2, 0) is 19.3 Å². The van der Waals surface area contributed by atoms with Gasteiger partial charge < -0.3 is 15.0 Å². The number of fused-ring (bicyclic) bond motifs is 2. The fraction of sp³-hybridized carbons (Fsp3) is 0.333. The van der Waals surface area contributed by atoms with Gasteiger partial charge in [-0.3, -0.25) is 0 Å². The van der Waals surface area contributed by atoms with Crippen LogP contribution in [0.25, 0.3) is 11.5 Å². The van der Waals surface area contributed by atoms with Gasteiger partial charge in [0, 0.05) is 35.0 Å². The summed E-state index contributed by atoms with van der Waals surface area (Å²) in [4.78, 5) is 4.59. The Bertz CT molecular complexity index is 1010. The quantitative estimate of drug-likeness (QED) is 0.734. The summed E-state index contributed by atoms with van der Waals surface area (Å²) in [5, 5.41) is 4.87. The first-order chi connectivity index (χ1) is 13.2. The molecule has 1 aromatic heterocycles. The molecular weight excluding hydrogens is 362 g/mol. The van der Waals surface area contributed by atoms with Gasteiger partial charge in [-0.25, -0.2) is 0 Å². The summed E-state index contributed by atoms with van der Waals surface area (Å²) in [6.45, 7) is 0.692. The van der Waals surface area contributed by atoms with Crippen LogP contribution in [0, 0.1) is 0 Å². The van der Waals surface area contributed by atoms with Crippen molar-refractivity contribution in [1.29, 1.82) is 0 Å². The minimum atomic E-state index is 0.131. The van der Waals surface area contributed by atoms with Crippen LogP contribution in [0.3, 0.4) is 0 Å². The number of rotatable bonds is 3. The van der Waals surface area contributed by atoms with Crippen molar-refractivity contribution in [2.75, 3.05) is 6.61 Å². The molecule has 5 nitrogen and oxygen atoms in total. The second-order valence-electron chi connectivity index (χ2n) is 7.26. The topological polar surface area (TPSA) is 74.2 Å². The monoisotopic (exact) mass is 381 g/mol. The molecule has 0 saturated heterocycles. The smallest absolute Gasteiger partial charge is 0.257 e. The summed E-state index contributed by atoms with van der Waals surface area (Å²) >= 11 is 6.25. The van der Waals surface area contributed by atoms with Crippen LogP contribution in [0.1, 0.15) is 47.0 Å². The van der Waals surface area contributed by atoms with Crippen LogP contribution in [0.4, 0.5) is 0 Å². The maximum absolute atomic E-state index is 6.25. The molecule has 6 heteroatoms. The summed E-state index contributed by atoms with van der Waals surface area (Å²) in [6.07, 6.45) is 4.62. The van der Waals surface area contributed by atoms with Gasteiger partial charge >= 0.3 is 0 Å². The molecule has 5 rings (SSSR count). The van der Waals surface area contributed by atoms with Gasteiger partial charge in [0.1, 0.15) is 5.75 Å². The lowest BCUT2D eigenvalue weighted by molar-refractivity contribution is 0.353. The van der Waals surface area contributed by atoms with E-state index >= 15 is 0 Å². The van der Waals surface area contributed by atoms with E-state index in [1.807, 2.05) is 18.2 Å². The molecule has 0 fully saturated rings. The number of nitrogens with two attached hydrogens (primary N) is 1. The first-order valence-corrected chi connectivity index (χ1v) is 9.70. The van der Waals surface area contributed by atoms with E-state index in [9.17, 15) is 0 Å². The van der Waals surface area contributed by atoms with E-state index in [2.05, 4.69) is 22.3 Å². The zero-order valence-corrected chi connectivity index (χ0v) is 15.6. The van der Waals surface area contributed by atoms with Crippen molar-refractivity contribution < 1.29 is 9.26 Å². The first-order valence-electron chi connectivity index (χ1n) is 9.33. The third-order valence-electron chi connectivity index (χ3n) is 5.39. The highest BCUT2D eigenvalue weighted by molar-refractivity contribution is 6.30. The lowest BCUT2D eigenvalue weighted by Gasteiger charge is -2.22. The summed E-state index contributed by atoms with van der Waals surface area (Å²) in [5.74, 6) is 2.07. The molecule has 0 radical (unpaired) electrons. The van der Waals surface area contributed by atoms with Crippen molar-refractivity contribution >= 4 is 11.6 Å². The Labute approximate surface area is 162 Å². The number of aromatic nitrogens is 2. The van der Waals surface area contributed by atoms with Crippen molar-refractivity contribution in [3.05, 3.63) is 63.4 Å². The molecular formula is C21H20ClN3O2. The fourth-order valence-electron chi connectivity index (χ4n) is 4.08. The van der Waals surface area contributed by atoms with E-state index in [4.69, 9.17) is 26.6 Å². The summed E-state index contributed by atoms with van der Waals surface area (Å²) in [7, 11) is 0. The van der Waals surface area contributed by atoms with Crippen molar-refractivity contribution in [2.45, 2.75) is 38.1 Å². The van der Waals surface area contributed by atoms with Crippen molar-refractivity contribution in [2.24, 2.45) is 5.73 Å². The fourth-order valence-corrected chi connectivity index (χ4v) is 4.34. The number of ether oxygens (including phenoxy) is 1. The molecule has 2 heterocycles. The Morgan fingerprint density at radius 3 is 3.00 bits per heavy atom. The molecule has 0 spiro atoms. The average Bonchev–Trinajstić information content (AvgIpc) is 3.31. The predicted octanol–water partition coefficient (Wildman–Crippen LogP) is 4.25. The second-order valence-corrected chi connectivity index (χ2v) is 7.69. The minimum Gasteiger partial charge on any atom is -0.493 e. The number of benzene rings is 2. The maximum atomic E-state index is 6.25. The largest absolute Gasteiger partial charge is 0.493 e. The predicted molar refractivity (Wildman–Crippen MR) is 103 cm³/mol. The summed E-state index contributed by atoms with van der Waals surface area (Å²) in [6, 6.07) is 10.3. The maximum Gasteiger partial charge on any atom is 0.257 e. The lowest BCUT2D eigenvalue weighted by Crippen LogP contribution is -2.17. The Morgan fingerprint density at radius 1 is 1.15 bits per heavy atom. The van der Waals surface area contributed by atoms with Gasteiger partial charge in [-0.05, 0) is 60.2 Å². The molecule has 0 bridgehead atoms. The number of nitrogens with zero attached hydrogens (tertiary/aromatic N) is 2. The first kappa shape index (κ1) is 16.8. The van der Waals surface area contributed by atoms with Gasteiger partial charge in [-0.1, -0.05) is 22.8 Å². The molecule has 0 saturated carbocycles. The van der Waals surface area contributed by atoms with Crippen LogP contribution >= 0.6 is 11.6 Å². The molecule has 2 N–H and O–H groups in total. The van der Waals surface area contributed by atoms with Gasteiger partial charge in [0.2, 0.25) is 0 Å². The molecule has 2 aromatic carbocycles. The standard InChI is InChI=1S/C21H20ClN3O2/c22-16-9-13-6-7-26-20(13)15(10-16)11-19-24-21(27-25-19)14-4-5-17-12(8-14)2-1-3-18(17)23/h4-5,8-10,18H,1-3,6-7,11,23H2. The van der Waals surface area contributed by atoms with Gasteiger partial charge in [0.15, 0.2) is 5.82 Å². The Morgan fingerprint density at radius 2 is 2.07 bits per heavy atom. The molecule has 3 aromatic rings. The van der Waals surface area contributed by atoms with E-state index in [1.165, 1.54) is 11.1 Å². The van der Waals surface area contributed by atoms with Gasteiger partial charge in [0.25, 0.3) is 5.89 Å². The Balaban J connectivity index is 1.43. The van der Waals surface area contributed by atoms with Crippen molar-refractivity contribution in [3.8, 4) is 17.2 Å². The third-order valence-corrected chi connectivity index (χ3v) is 5.61. The third kappa shape index (κ3) is 3.11. The van der Waals surface area contributed by atoms with Gasteiger partial charge in [0.05, 0.1) is 6.61 Å². The van der Waals surface area contributed by atoms with Crippen molar-refractivity contribution in [1.82, 2.24) is 10.1 Å². The van der Waals surface area contributed by atoms with Crippen molar-refractivity contribution in [3.63, 3.8) is 0 Å². The minimum absolute atomic E-state index is 0.131. The number of hydrogen-bond acceptors (Lipinski definition) is 5. The lowest BCUT2D eigenvalue weighted by atomic mass is 9.87. The van der Waals surface area contributed by atoms with E-state index in [0.29, 0.717) is 29.8 Å². The zero-order chi connectivity index (χ0) is 18.4. The number of hydrogen-bond donors (Lipinski definition) is 1. The highest BCUT2D eigenvalue weighted by Gasteiger charge is 2.21. The molecule has 2 aliphatic rings. The Hall–Kier alpha value is -2.37. The molecule has 0 amide bonds. The Kier molecular flexibility index (Phi) is 4.14. The van der Waals surface area contributed by atoms with Crippen LogP contribution in [0.5, 0.6) is 5.75 Å². The highest BCUT2D eigenvalue weighted by Crippen LogP contribution is 2.35. The van der Waals surface area contributed by atoms with E-state index < -0.39 is 0 Å². The normalized spacial score (nSPS) is 18.1. The zero-order valence-electron chi connectivity index (χ0n) is 14.9. The molecule has 1 atom stereocenters.